The van der Waals surface area contributed by atoms with Crippen LogP contribution in [0.1, 0.15) is 39.0 Å². The van der Waals surface area contributed by atoms with Crippen molar-refractivity contribution in [2.75, 3.05) is 5.75 Å². The second-order valence-corrected chi connectivity index (χ2v) is 6.44. The third-order valence-electron chi connectivity index (χ3n) is 2.67. The summed E-state index contributed by atoms with van der Waals surface area (Å²) in [7, 11) is -2.84. The van der Waals surface area contributed by atoms with Gasteiger partial charge in [0.25, 0.3) is 0 Å². The Labute approximate surface area is 80.6 Å². The van der Waals surface area contributed by atoms with Gasteiger partial charge in [0.05, 0.1) is 11.0 Å². The van der Waals surface area contributed by atoms with Crippen LogP contribution in [0.2, 0.25) is 0 Å². The van der Waals surface area contributed by atoms with E-state index in [1.807, 2.05) is 6.92 Å². The van der Waals surface area contributed by atoms with Crippen molar-refractivity contribution in [3.63, 3.8) is 0 Å². The van der Waals surface area contributed by atoms with Crippen LogP contribution in [0.15, 0.2) is 0 Å². The van der Waals surface area contributed by atoms with E-state index in [2.05, 4.69) is 0 Å². The van der Waals surface area contributed by atoms with Crippen LogP contribution in [0.4, 0.5) is 0 Å². The first kappa shape index (κ1) is 11.0. The summed E-state index contributed by atoms with van der Waals surface area (Å²) in [6, 6.07) is -0.00354. The highest BCUT2D eigenvalue weighted by atomic mass is 32.2. The Morgan fingerprint density at radius 1 is 1.38 bits per heavy atom. The van der Waals surface area contributed by atoms with Gasteiger partial charge in [0.15, 0.2) is 9.84 Å². The molecule has 0 amide bonds. The Morgan fingerprint density at radius 3 is 2.38 bits per heavy atom. The highest BCUT2D eigenvalue weighted by Crippen LogP contribution is 2.25. The summed E-state index contributed by atoms with van der Waals surface area (Å²) >= 11 is 0. The molecule has 1 fully saturated rings. The van der Waals surface area contributed by atoms with Crippen molar-refractivity contribution in [2.24, 2.45) is 5.73 Å². The summed E-state index contributed by atoms with van der Waals surface area (Å²) in [4.78, 5) is 0. The monoisotopic (exact) mass is 205 g/mol. The van der Waals surface area contributed by atoms with Crippen molar-refractivity contribution in [3.05, 3.63) is 0 Å². The maximum atomic E-state index is 11.7. The molecule has 0 heterocycles. The average molecular weight is 205 g/mol. The number of rotatable bonds is 4. The van der Waals surface area contributed by atoms with E-state index < -0.39 is 9.84 Å². The molecule has 13 heavy (non-hydrogen) atoms. The number of hydrogen-bond acceptors (Lipinski definition) is 3. The summed E-state index contributed by atoms with van der Waals surface area (Å²) < 4.78 is 23.4. The van der Waals surface area contributed by atoms with E-state index in [1.54, 1.807) is 0 Å². The Balaban J connectivity index is 2.45. The molecule has 3 nitrogen and oxygen atoms in total. The largest absolute Gasteiger partial charge is 0.328 e. The fourth-order valence-electron chi connectivity index (χ4n) is 1.76. The molecule has 1 unspecified atom stereocenters. The molecule has 2 N–H and O–H groups in total. The molecule has 0 radical (unpaired) electrons. The van der Waals surface area contributed by atoms with E-state index in [0.717, 1.165) is 25.7 Å². The highest BCUT2D eigenvalue weighted by Gasteiger charge is 2.28. The van der Waals surface area contributed by atoms with Crippen LogP contribution in [0.25, 0.3) is 0 Å². The lowest BCUT2D eigenvalue weighted by Gasteiger charge is -2.11. The predicted octanol–water partition coefficient (Wildman–Crippen LogP) is 1.08. The predicted molar refractivity (Wildman–Crippen MR) is 54.3 cm³/mol. The zero-order valence-electron chi connectivity index (χ0n) is 8.20. The molecule has 4 heteroatoms. The van der Waals surface area contributed by atoms with Crippen LogP contribution < -0.4 is 5.73 Å². The summed E-state index contributed by atoms with van der Waals surface area (Å²) in [5, 5.41) is -0.0637. The van der Waals surface area contributed by atoms with E-state index in [0.29, 0.717) is 6.42 Å². The van der Waals surface area contributed by atoms with Crippen molar-refractivity contribution in [1.29, 1.82) is 0 Å². The Bertz CT molecular complexity index is 240. The number of sulfone groups is 1. The van der Waals surface area contributed by atoms with Crippen LogP contribution in [0.5, 0.6) is 0 Å². The first-order valence-electron chi connectivity index (χ1n) is 4.99. The van der Waals surface area contributed by atoms with Crippen molar-refractivity contribution < 1.29 is 8.42 Å². The van der Waals surface area contributed by atoms with Crippen LogP contribution in [0, 0.1) is 0 Å². The standard InChI is InChI=1S/C9H19NO2S/c1-8(10)6-7-13(11,12)9-4-2-3-5-9/h8-9H,2-7,10H2,1H3. The van der Waals surface area contributed by atoms with E-state index in [-0.39, 0.29) is 17.0 Å². The van der Waals surface area contributed by atoms with Crippen LogP contribution in [-0.4, -0.2) is 25.5 Å². The topological polar surface area (TPSA) is 60.2 Å². The molecule has 1 aliphatic rings. The van der Waals surface area contributed by atoms with Gasteiger partial charge in [-0.25, -0.2) is 8.42 Å². The number of nitrogens with two attached hydrogens (primary N) is 1. The molecular weight excluding hydrogens is 186 g/mol. The first-order valence-corrected chi connectivity index (χ1v) is 6.71. The molecule has 78 valence electrons. The average Bonchev–Trinajstić information content (AvgIpc) is 2.53. The molecule has 0 spiro atoms. The molecule has 0 aliphatic heterocycles. The summed E-state index contributed by atoms with van der Waals surface area (Å²) in [6.45, 7) is 1.85. The zero-order valence-corrected chi connectivity index (χ0v) is 9.02. The van der Waals surface area contributed by atoms with Gasteiger partial charge in [0, 0.05) is 6.04 Å². The third kappa shape index (κ3) is 3.27. The quantitative estimate of drug-likeness (QED) is 0.747. The van der Waals surface area contributed by atoms with E-state index >= 15 is 0 Å². The van der Waals surface area contributed by atoms with Crippen molar-refractivity contribution >= 4 is 9.84 Å². The molecule has 0 aromatic heterocycles. The number of hydrogen-bond donors (Lipinski definition) is 1. The van der Waals surface area contributed by atoms with E-state index in [4.69, 9.17) is 5.73 Å². The van der Waals surface area contributed by atoms with Crippen molar-refractivity contribution in [2.45, 2.75) is 50.3 Å². The molecule has 0 aromatic carbocycles. The second kappa shape index (κ2) is 4.42. The van der Waals surface area contributed by atoms with Gasteiger partial charge < -0.3 is 5.73 Å². The van der Waals surface area contributed by atoms with Crippen molar-refractivity contribution in [3.8, 4) is 0 Å². The Hall–Kier alpha value is -0.0900. The van der Waals surface area contributed by atoms with Gasteiger partial charge in [-0.1, -0.05) is 12.8 Å². The lowest BCUT2D eigenvalue weighted by Crippen LogP contribution is -2.25. The van der Waals surface area contributed by atoms with Gasteiger partial charge in [0.2, 0.25) is 0 Å². The maximum Gasteiger partial charge on any atom is 0.153 e. The Kier molecular flexibility index (Phi) is 3.74. The fraction of sp³-hybridized carbons (Fsp3) is 1.00. The van der Waals surface area contributed by atoms with Crippen molar-refractivity contribution in [1.82, 2.24) is 0 Å². The van der Waals surface area contributed by atoms with E-state index in [9.17, 15) is 8.42 Å². The molecule has 1 atom stereocenters. The van der Waals surface area contributed by atoms with Crippen LogP contribution in [0.3, 0.4) is 0 Å². The Morgan fingerprint density at radius 2 is 1.92 bits per heavy atom. The smallest absolute Gasteiger partial charge is 0.153 e. The van der Waals surface area contributed by atoms with Crippen LogP contribution in [-0.2, 0) is 9.84 Å². The van der Waals surface area contributed by atoms with Gasteiger partial charge in [-0.15, -0.1) is 0 Å². The zero-order chi connectivity index (χ0) is 9.90. The second-order valence-electron chi connectivity index (χ2n) is 4.04. The normalized spacial score (nSPS) is 22.0. The molecular formula is C9H19NO2S. The minimum atomic E-state index is -2.84. The SMILES string of the molecule is CC(N)CCS(=O)(=O)C1CCCC1. The minimum Gasteiger partial charge on any atom is -0.328 e. The molecule has 1 rings (SSSR count). The van der Waals surface area contributed by atoms with Crippen LogP contribution >= 0.6 is 0 Å². The third-order valence-corrected chi connectivity index (χ3v) is 4.96. The van der Waals surface area contributed by atoms with Gasteiger partial charge in [-0.05, 0) is 26.2 Å². The van der Waals surface area contributed by atoms with Gasteiger partial charge in [0.1, 0.15) is 0 Å². The highest BCUT2D eigenvalue weighted by molar-refractivity contribution is 7.92. The summed E-state index contributed by atoms with van der Waals surface area (Å²) in [5.41, 5.74) is 5.53. The molecule has 0 saturated heterocycles. The van der Waals surface area contributed by atoms with Gasteiger partial charge >= 0.3 is 0 Å². The van der Waals surface area contributed by atoms with E-state index in [1.165, 1.54) is 0 Å². The molecule has 1 aliphatic carbocycles. The lowest BCUT2D eigenvalue weighted by molar-refractivity contribution is 0.571. The lowest BCUT2D eigenvalue weighted by atomic mass is 10.3. The fourth-order valence-corrected chi connectivity index (χ4v) is 3.85. The maximum absolute atomic E-state index is 11.7. The van der Waals surface area contributed by atoms with Gasteiger partial charge in [-0.2, -0.15) is 0 Å². The molecule has 0 bridgehead atoms. The van der Waals surface area contributed by atoms with Gasteiger partial charge in [-0.3, -0.25) is 0 Å². The summed E-state index contributed by atoms with van der Waals surface area (Å²) in [6.07, 6.45) is 4.46. The molecule has 1 saturated carbocycles. The summed E-state index contributed by atoms with van der Waals surface area (Å²) in [5.74, 6) is 0.273. The minimum absolute atomic E-state index is 0.00354. The first-order chi connectivity index (χ1) is 6.02. The molecule has 0 aromatic rings.